The maximum Gasteiger partial charge on any atom is 0.340 e. The van der Waals surface area contributed by atoms with Crippen LogP contribution in [0.25, 0.3) is 11.8 Å². The molecule has 7 heteroatoms. The van der Waals surface area contributed by atoms with Gasteiger partial charge in [0, 0.05) is 33.5 Å². The van der Waals surface area contributed by atoms with E-state index in [9.17, 15) is 9.59 Å². The highest BCUT2D eigenvalue weighted by Gasteiger charge is 2.38. The summed E-state index contributed by atoms with van der Waals surface area (Å²) in [6.45, 7) is 8.29. The number of nitrogens with zero attached hydrogens (tertiary/aromatic N) is 2. The molecule has 0 aliphatic carbocycles. The Labute approximate surface area is 210 Å². The Morgan fingerprint density at radius 2 is 1.63 bits per heavy atom. The maximum absolute atomic E-state index is 13.6. The van der Waals surface area contributed by atoms with Crippen LogP contribution in [0.2, 0.25) is 5.02 Å². The molecule has 1 aliphatic rings. The number of halogens is 1. The summed E-state index contributed by atoms with van der Waals surface area (Å²) in [4.78, 5) is 27.8. The molecular weight excluding hydrogens is 464 g/mol. The summed E-state index contributed by atoms with van der Waals surface area (Å²) >= 11 is 6.03. The van der Waals surface area contributed by atoms with Crippen molar-refractivity contribution in [2.75, 3.05) is 18.6 Å². The Hall–Kier alpha value is -3.77. The summed E-state index contributed by atoms with van der Waals surface area (Å²) in [5.74, 6) is -0.0433. The lowest BCUT2D eigenvalue weighted by Gasteiger charge is -2.17. The highest BCUT2D eigenvalue weighted by molar-refractivity contribution is 6.30. The van der Waals surface area contributed by atoms with Crippen LogP contribution in [-0.4, -0.2) is 30.2 Å². The number of benzene rings is 2. The first kappa shape index (κ1) is 24.4. The molecule has 0 bridgehead atoms. The number of aromatic nitrogens is 1. The van der Waals surface area contributed by atoms with Crippen LogP contribution in [0.4, 0.5) is 5.69 Å². The van der Waals surface area contributed by atoms with Gasteiger partial charge in [0.2, 0.25) is 0 Å². The minimum absolute atomic E-state index is 0.248. The number of aryl methyl sites for hydroxylation is 1. The average molecular weight is 491 g/mol. The Morgan fingerprint density at radius 3 is 2.23 bits per heavy atom. The maximum atomic E-state index is 13.6. The van der Waals surface area contributed by atoms with Crippen LogP contribution in [0.3, 0.4) is 0 Å². The molecule has 1 aromatic heterocycles. The van der Waals surface area contributed by atoms with E-state index >= 15 is 0 Å². The number of allylic oxidation sites excluding steroid dienone is 1. The van der Waals surface area contributed by atoms with E-state index in [0.29, 0.717) is 23.0 Å². The molecule has 1 amide bonds. The van der Waals surface area contributed by atoms with Crippen molar-refractivity contribution in [2.24, 2.45) is 0 Å². The third kappa shape index (κ3) is 4.49. The van der Waals surface area contributed by atoms with Crippen LogP contribution in [-0.2, 0) is 14.3 Å². The van der Waals surface area contributed by atoms with Gasteiger partial charge in [0.05, 0.1) is 24.9 Å². The van der Waals surface area contributed by atoms with E-state index in [4.69, 9.17) is 21.1 Å². The standard InChI is InChI=1S/C28H27ClN2O4/c1-6-35-24-13-11-22(12-14-24)30-17(2)15-20(18(30)3)16-25-26(28(33)34-5)19(4)31(27(25)32)23-9-7-21(29)8-10-23/h7-16H,6H2,1-5H3/b25-16-. The third-order valence-electron chi connectivity index (χ3n) is 6.05. The number of amides is 1. The summed E-state index contributed by atoms with van der Waals surface area (Å²) in [5.41, 5.74) is 5.44. The monoisotopic (exact) mass is 490 g/mol. The Bertz CT molecular complexity index is 1350. The fourth-order valence-corrected chi connectivity index (χ4v) is 4.55. The van der Waals surface area contributed by atoms with Crippen LogP contribution >= 0.6 is 11.6 Å². The van der Waals surface area contributed by atoms with E-state index in [-0.39, 0.29) is 17.1 Å². The van der Waals surface area contributed by atoms with Crippen molar-refractivity contribution in [3.8, 4) is 11.4 Å². The number of esters is 1. The van der Waals surface area contributed by atoms with Crippen molar-refractivity contribution >= 4 is 35.2 Å². The molecule has 6 nitrogen and oxygen atoms in total. The first-order chi connectivity index (χ1) is 16.8. The van der Waals surface area contributed by atoms with Gasteiger partial charge in [-0.15, -0.1) is 0 Å². The van der Waals surface area contributed by atoms with Crippen LogP contribution in [0.1, 0.15) is 30.8 Å². The number of ether oxygens (including phenoxy) is 2. The highest BCUT2D eigenvalue weighted by atomic mass is 35.5. The number of hydrogen-bond donors (Lipinski definition) is 0. The minimum atomic E-state index is -0.557. The first-order valence-electron chi connectivity index (χ1n) is 11.3. The largest absolute Gasteiger partial charge is 0.494 e. The van der Waals surface area contributed by atoms with E-state index in [1.54, 1.807) is 37.3 Å². The van der Waals surface area contributed by atoms with Gasteiger partial charge in [-0.2, -0.15) is 0 Å². The predicted molar refractivity (Wildman–Crippen MR) is 138 cm³/mol. The average Bonchev–Trinajstić information content (AvgIpc) is 3.26. The summed E-state index contributed by atoms with van der Waals surface area (Å²) in [6, 6.07) is 16.8. The zero-order chi connectivity index (χ0) is 25.3. The quantitative estimate of drug-likeness (QED) is 0.313. The lowest BCUT2D eigenvalue weighted by molar-refractivity contribution is -0.136. The van der Waals surface area contributed by atoms with Gasteiger partial charge in [0.25, 0.3) is 5.91 Å². The van der Waals surface area contributed by atoms with E-state index in [2.05, 4.69) is 4.57 Å². The number of hydrogen-bond acceptors (Lipinski definition) is 4. The van der Waals surface area contributed by atoms with Crippen molar-refractivity contribution in [2.45, 2.75) is 27.7 Å². The lowest BCUT2D eigenvalue weighted by Crippen LogP contribution is -2.24. The Kier molecular flexibility index (Phi) is 6.85. The van der Waals surface area contributed by atoms with Gasteiger partial charge in [-0.05, 0) is 93.9 Å². The van der Waals surface area contributed by atoms with Gasteiger partial charge >= 0.3 is 5.97 Å². The van der Waals surface area contributed by atoms with E-state index in [1.165, 1.54) is 12.0 Å². The van der Waals surface area contributed by atoms with Crippen LogP contribution in [0, 0.1) is 13.8 Å². The molecule has 0 N–H and O–H groups in total. The van der Waals surface area contributed by atoms with Crippen molar-refractivity contribution in [1.82, 2.24) is 4.57 Å². The van der Waals surface area contributed by atoms with Crippen molar-refractivity contribution in [3.05, 3.63) is 93.4 Å². The molecular formula is C28H27ClN2O4. The van der Waals surface area contributed by atoms with E-state index in [0.717, 1.165) is 28.4 Å². The SMILES string of the molecule is CCOc1ccc(-n2c(C)cc(/C=C3\C(=O)N(c4ccc(Cl)cc4)C(C)=C3C(=O)OC)c2C)cc1. The number of carbonyl (C=O) groups excluding carboxylic acids is 2. The smallest absolute Gasteiger partial charge is 0.340 e. The second-order valence-corrected chi connectivity index (χ2v) is 8.65. The fraction of sp³-hybridized carbons (Fsp3) is 0.214. The Balaban J connectivity index is 1.79. The molecule has 0 spiro atoms. The molecule has 0 radical (unpaired) electrons. The number of methoxy groups -OCH3 is 1. The molecule has 0 fully saturated rings. The number of carbonyl (C=O) groups is 2. The zero-order valence-corrected chi connectivity index (χ0v) is 21.1. The van der Waals surface area contributed by atoms with Gasteiger partial charge in [0.1, 0.15) is 5.75 Å². The predicted octanol–water partition coefficient (Wildman–Crippen LogP) is 6.02. The second-order valence-electron chi connectivity index (χ2n) is 8.22. The molecule has 35 heavy (non-hydrogen) atoms. The van der Waals surface area contributed by atoms with E-state index < -0.39 is 5.97 Å². The summed E-state index contributed by atoms with van der Waals surface area (Å²) in [5, 5.41) is 0.563. The highest BCUT2D eigenvalue weighted by Crippen LogP contribution is 2.36. The molecule has 1 aliphatic heterocycles. The van der Waals surface area contributed by atoms with Crippen LogP contribution in [0.15, 0.2) is 71.4 Å². The summed E-state index contributed by atoms with van der Waals surface area (Å²) in [6.07, 6.45) is 1.77. The lowest BCUT2D eigenvalue weighted by atomic mass is 10.0. The van der Waals surface area contributed by atoms with Gasteiger partial charge in [0.15, 0.2) is 0 Å². The topological polar surface area (TPSA) is 60.8 Å². The molecule has 0 unspecified atom stereocenters. The van der Waals surface area contributed by atoms with Crippen molar-refractivity contribution < 1.29 is 19.1 Å². The fourth-order valence-electron chi connectivity index (χ4n) is 4.43. The molecule has 2 heterocycles. The summed E-state index contributed by atoms with van der Waals surface area (Å²) < 4.78 is 12.7. The minimum Gasteiger partial charge on any atom is -0.494 e. The molecule has 0 saturated carbocycles. The molecule has 4 rings (SSSR count). The zero-order valence-electron chi connectivity index (χ0n) is 20.4. The molecule has 0 atom stereocenters. The normalized spacial score (nSPS) is 14.7. The number of anilines is 1. The molecule has 0 saturated heterocycles. The third-order valence-corrected chi connectivity index (χ3v) is 6.30. The number of rotatable bonds is 6. The van der Waals surface area contributed by atoms with Gasteiger partial charge in [-0.1, -0.05) is 11.6 Å². The molecule has 3 aromatic rings. The first-order valence-corrected chi connectivity index (χ1v) is 11.7. The summed E-state index contributed by atoms with van der Waals surface area (Å²) in [7, 11) is 1.31. The Morgan fingerprint density at radius 1 is 1.00 bits per heavy atom. The van der Waals surface area contributed by atoms with Crippen molar-refractivity contribution in [3.63, 3.8) is 0 Å². The second kappa shape index (κ2) is 9.84. The van der Waals surface area contributed by atoms with Gasteiger partial charge in [-0.25, -0.2) is 4.79 Å². The molecule has 180 valence electrons. The van der Waals surface area contributed by atoms with E-state index in [1.807, 2.05) is 51.1 Å². The van der Waals surface area contributed by atoms with Crippen molar-refractivity contribution in [1.29, 1.82) is 0 Å². The van der Waals surface area contributed by atoms with Crippen LogP contribution in [0.5, 0.6) is 5.75 Å². The van der Waals surface area contributed by atoms with Crippen LogP contribution < -0.4 is 9.64 Å². The molecule has 2 aromatic carbocycles. The van der Waals surface area contributed by atoms with Gasteiger partial charge in [-0.3, -0.25) is 9.69 Å². The van der Waals surface area contributed by atoms with Gasteiger partial charge < -0.3 is 14.0 Å².